The number of hydrogen-bond acceptors (Lipinski definition) is 3. The van der Waals surface area contributed by atoms with Gasteiger partial charge in [0.1, 0.15) is 0 Å². The van der Waals surface area contributed by atoms with Crippen molar-refractivity contribution in [2.75, 3.05) is 13.2 Å². The van der Waals surface area contributed by atoms with E-state index in [1.54, 1.807) is 24.3 Å². The van der Waals surface area contributed by atoms with Crippen LogP contribution in [-0.4, -0.2) is 35.4 Å². The molecule has 0 aliphatic heterocycles. The molecule has 0 spiro atoms. The molecule has 0 saturated carbocycles. The second-order valence-corrected chi connectivity index (χ2v) is 4.27. The lowest BCUT2D eigenvalue weighted by atomic mass is 10.1. The predicted octanol–water partition coefficient (Wildman–Crippen LogP) is 1.15. The summed E-state index contributed by atoms with van der Waals surface area (Å²) in [5.41, 5.74) is 0.709. The third kappa shape index (κ3) is 5.58. The van der Waals surface area contributed by atoms with Crippen molar-refractivity contribution in [2.45, 2.75) is 12.5 Å². The van der Waals surface area contributed by atoms with Gasteiger partial charge in [0, 0.05) is 11.6 Å². The van der Waals surface area contributed by atoms with E-state index in [0.717, 1.165) is 0 Å². The molecule has 0 radical (unpaired) electrons. The number of aliphatic hydroxyl groups is 1. The zero-order valence-electron chi connectivity index (χ0n) is 10.1. The highest BCUT2D eigenvalue weighted by molar-refractivity contribution is 6.30. The van der Waals surface area contributed by atoms with E-state index >= 15 is 0 Å². The summed E-state index contributed by atoms with van der Waals surface area (Å²) < 4.78 is 0. The van der Waals surface area contributed by atoms with Crippen LogP contribution in [0.2, 0.25) is 5.02 Å². The third-order valence-corrected chi connectivity index (χ3v) is 2.64. The van der Waals surface area contributed by atoms with Gasteiger partial charge in [0.15, 0.2) is 0 Å². The Hall–Kier alpha value is -1.79. The van der Waals surface area contributed by atoms with Crippen LogP contribution in [0.5, 0.6) is 0 Å². The van der Waals surface area contributed by atoms with Crippen LogP contribution in [0.25, 0.3) is 0 Å². The Morgan fingerprint density at radius 1 is 1.26 bits per heavy atom. The molecule has 0 fully saturated rings. The fourth-order valence-electron chi connectivity index (χ4n) is 1.42. The van der Waals surface area contributed by atoms with Gasteiger partial charge in [0.05, 0.1) is 19.1 Å². The summed E-state index contributed by atoms with van der Waals surface area (Å²) in [4.78, 5) is 21.8. The molecule has 0 bridgehead atoms. The Labute approximate surface area is 115 Å². The number of aliphatic carboxylic acids is 1. The van der Waals surface area contributed by atoms with E-state index in [-0.39, 0.29) is 19.6 Å². The van der Waals surface area contributed by atoms with Gasteiger partial charge in [-0.25, -0.2) is 4.79 Å². The van der Waals surface area contributed by atoms with Gasteiger partial charge in [-0.05, 0) is 17.7 Å². The molecule has 0 heterocycles. The van der Waals surface area contributed by atoms with E-state index in [4.69, 9.17) is 16.7 Å². The number of urea groups is 1. The molecule has 1 unspecified atom stereocenters. The number of rotatable bonds is 6. The molecule has 4 N–H and O–H groups in total. The van der Waals surface area contributed by atoms with Crippen LogP contribution in [0.1, 0.15) is 18.0 Å². The lowest BCUT2D eigenvalue weighted by molar-refractivity contribution is -0.136. The van der Waals surface area contributed by atoms with Crippen molar-refractivity contribution in [2.24, 2.45) is 0 Å². The Morgan fingerprint density at radius 2 is 1.89 bits per heavy atom. The summed E-state index contributed by atoms with van der Waals surface area (Å²) >= 11 is 5.75. The summed E-state index contributed by atoms with van der Waals surface area (Å²) in [6.45, 7) is -0.242. The van der Waals surface area contributed by atoms with E-state index in [2.05, 4.69) is 10.6 Å². The molecular weight excluding hydrogens is 272 g/mol. The number of carbonyl (C=O) groups excluding carboxylic acids is 1. The summed E-state index contributed by atoms with van der Waals surface area (Å²) in [7, 11) is 0. The average Bonchev–Trinajstić information content (AvgIpc) is 2.36. The van der Waals surface area contributed by atoms with Gasteiger partial charge in [0.2, 0.25) is 0 Å². The molecule has 6 nitrogen and oxygen atoms in total. The van der Waals surface area contributed by atoms with Crippen molar-refractivity contribution in [3.63, 3.8) is 0 Å². The lowest BCUT2D eigenvalue weighted by Crippen LogP contribution is -2.40. The number of halogens is 1. The van der Waals surface area contributed by atoms with Gasteiger partial charge in [-0.2, -0.15) is 0 Å². The maximum absolute atomic E-state index is 11.5. The van der Waals surface area contributed by atoms with E-state index in [0.29, 0.717) is 10.6 Å². The molecule has 1 atom stereocenters. The van der Waals surface area contributed by atoms with Gasteiger partial charge in [-0.1, -0.05) is 23.7 Å². The minimum atomic E-state index is -0.989. The highest BCUT2D eigenvalue weighted by Gasteiger charge is 2.13. The summed E-state index contributed by atoms with van der Waals surface area (Å²) in [5.74, 6) is -0.989. The zero-order chi connectivity index (χ0) is 14.3. The maximum Gasteiger partial charge on any atom is 0.315 e. The summed E-state index contributed by atoms with van der Waals surface area (Å²) in [6, 6.07) is 5.60. The number of nitrogens with one attached hydrogen (secondary N) is 2. The van der Waals surface area contributed by atoms with Gasteiger partial charge in [0.25, 0.3) is 0 Å². The molecular formula is C12H15ClN2O4. The van der Waals surface area contributed by atoms with E-state index in [1.807, 2.05) is 0 Å². The first-order valence-electron chi connectivity index (χ1n) is 5.65. The maximum atomic E-state index is 11.5. The SMILES string of the molecule is O=C(O)CCNC(=O)NC(CO)c1ccc(Cl)cc1. The number of benzene rings is 1. The fraction of sp³-hybridized carbons (Fsp3) is 0.333. The molecule has 1 aromatic rings. The number of hydrogen-bond donors (Lipinski definition) is 4. The minimum Gasteiger partial charge on any atom is -0.481 e. The fourth-order valence-corrected chi connectivity index (χ4v) is 1.55. The Bertz CT molecular complexity index is 436. The predicted molar refractivity (Wildman–Crippen MR) is 70.1 cm³/mol. The second-order valence-electron chi connectivity index (χ2n) is 3.83. The second kappa shape index (κ2) is 7.60. The summed E-state index contributed by atoms with van der Waals surface area (Å²) in [5, 5.41) is 23.2. The number of carbonyl (C=O) groups is 2. The smallest absolute Gasteiger partial charge is 0.315 e. The number of aliphatic hydroxyl groups excluding tert-OH is 1. The Kier molecular flexibility index (Phi) is 6.11. The highest BCUT2D eigenvalue weighted by Crippen LogP contribution is 2.15. The number of carboxylic acids is 1. The van der Waals surface area contributed by atoms with E-state index in [9.17, 15) is 14.7 Å². The van der Waals surface area contributed by atoms with Crippen LogP contribution in [-0.2, 0) is 4.79 Å². The topological polar surface area (TPSA) is 98.7 Å². The first-order valence-corrected chi connectivity index (χ1v) is 6.03. The van der Waals surface area contributed by atoms with Crippen molar-refractivity contribution in [3.05, 3.63) is 34.9 Å². The lowest BCUT2D eigenvalue weighted by Gasteiger charge is -2.17. The molecule has 2 amide bonds. The first kappa shape index (κ1) is 15.3. The molecule has 0 aromatic heterocycles. The molecule has 1 rings (SSSR count). The average molecular weight is 287 g/mol. The zero-order valence-corrected chi connectivity index (χ0v) is 10.9. The van der Waals surface area contributed by atoms with Crippen LogP contribution < -0.4 is 10.6 Å². The molecule has 0 aliphatic carbocycles. The van der Waals surface area contributed by atoms with Gasteiger partial charge in [-0.15, -0.1) is 0 Å². The van der Waals surface area contributed by atoms with Crippen molar-refractivity contribution in [1.82, 2.24) is 10.6 Å². The van der Waals surface area contributed by atoms with E-state index < -0.39 is 18.0 Å². The Morgan fingerprint density at radius 3 is 2.42 bits per heavy atom. The molecule has 104 valence electrons. The third-order valence-electron chi connectivity index (χ3n) is 2.38. The minimum absolute atomic E-state index is 0.0277. The molecule has 7 heteroatoms. The van der Waals surface area contributed by atoms with Gasteiger partial charge >= 0.3 is 12.0 Å². The first-order chi connectivity index (χ1) is 9.02. The standard InChI is InChI=1S/C12H15ClN2O4/c13-9-3-1-8(2-4-9)10(7-16)15-12(19)14-6-5-11(17)18/h1-4,10,16H,5-7H2,(H,17,18)(H2,14,15,19). The summed E-state index contributed by atoms with van der Waals surface area (Å²) in [6.07, 6.45) is -0.155. The van der Waals surface area contributed by atoms with Crippen molar-refractivity contribution in [1.29, 1.82) is 0 Å². The van der Waals surface area contributed by atoms with Crippen LogP contribution in [0, 0.1) is 0 Å². The largest absolute Gasteiger partial charge is 0.481 e. The van der Waals surface area contributed by atoms with Crippen molar-refractivity contribution >= 4 is 23.6 Å². The number of amides is 2. The van der Waals surface area contributed by atoms with Crippen molar-refractivity contribution in [3.8, 4) is 0 Å². The normalized spacial score (nSPS) is 11.7. The van der Waals surface area contributed by atoms with Crippen molar-refractivity contribution < 1.29 is 19.8 Å². The Balaban J connectivity index is 2.50. The quantitative estimate of drug-likeness (QED) is 0.630. The molecule has 0 saturated heterocycles. The van der Waals surface area contributed by atoms with Crippen LogP contribution in [0.15, 0.2) is 24.3 Å². The van der Waals surface area contributed by atoms with Crippen LogP contribution in [0.4, 0.5) is 4.79 Å². The molecule has 1 aromatic carbocycles. The monoisotopic (exact) mass is 286 g/mol. The molecule has 19 heavy (non-hydrogen) atoms. The van der Waals surface area contributed by atoms with E-state index in [1.165, 1.54) is 0 Å². The van der Waals surface area contributed by atoms with Crippen LogP contribution >= 0.6 is 11.6 Å². The van der Waals surface area contributed by atoms with Gasteiger partial charge < -0.3 is 20.8 Å². The van der Waals surface area contributed by atoms with Crippen LogP contribution in [0.3, 0.4) is 0 Å². The highest BCUT2D eigenvalue weighted by atomic mass is 35.5. The van der Waals surface area contributed by atoms with Gasteiger partial charge in [-0.3, -0.25) is 4.79 Å². The number of carboxylic acid groups (broad SMARTS) is 1. The molecule has 0 aliphatic rings.